The Morgan fingerprint density at radius 2 is 2.16 bits per heavy atom. The number of nitrogens with zero attached hydrogens (tertiary/aromatic N) is 3. The standard InChI is InChI=1S/C14H25N5/c1-3-11-8-6-5-7-9-19(11)14-10-13(18-15)16-12(4-2)17-14/h10-11H,3-9,15H2,1-2H3,(H,16,17,18). The normalized spacial score (nSPS) is 20.2. The first-order valence-corrected chi connectivity index (χ1v) is 7.39. The van der Waals surface area contributed by atoms with E-state index in [1.807, 2.05) is 6.07 Å². The van der Waals surface area contributed by atoms with Crippen LogP contribution in [0.15, 0.2) is 6.07 Å². The fraction of sp³-hybridized carbons (Fsp3) is 0.714. The number of nitrogens with two attached hydrogens (primary N) is 1. The van der Waals surface area contributed by atoms with E-state index in [2.05, 4.69) is 34.1 Å². The van der Waals surface area contributed by atoms with E-state index in [1.165, 1.54) is 25.7 Å². The lowest BCUT2D eigenvalue weighted by atomic mass is 10.1. The zero-order valence-electron chi connectivity index (χ0n) is 12.0. The number of hydrogen-bond donors (Lipinski definition) is 2. The highest BCUT2D eigenvalue weighted by atomic mass is 15.3. The van der Waals surface area contributed by atoms with Crippen LogP contribution in [0.5, 0.6) is 0 Å². The van der Waals surface area contributed by atoms with Gasteiger partial charge in [0, 0.05) is 25.1 Å². The van der Waals surface area contributed by atoms with Crippen molar-refractivity contribution in [2.45, 2.75) is 58.4 Å². The van der Waals surface area contributed by atoms with Crippen molar-refractivity contribution in [2.24, 2.45) is 5.84 Å². The van der Waals surface area contributed by atoms with Crippen molar-refractivity contribution in [3.8, 4) is 0 Å². The molecule has 1 aromatic rings. The number of nitrogen functional groups attached to an aromatic ring is 1. The largest absolute Gasteiger partial charge is 0.353 e. The number of aryl methyl sites for hydroxylation is 1. The van der Waals surface area contributed by atoms with E-state index >= 15 is 0 Å². The summed E-state index contributed by atoms with van der Waals surface area (Å²) < 4.78 is 0. The van der Waals surface area contributed by atoms with Crippen molar-refractivity contribution in [1.29, 1.82) is 0 Å². The van der Waals surface area contributed by atoms with Gasteiger partial charge >= 0.3 is 0 Å². The lowest BCUT2D eigenvalue weighted by molar-refractivity contribution is 0.551. The molecule has 2 rings (SSSR count). The molecule has 0 amide bonds. The van der Waals surface area contributed by atoms with Gasteiger partial charge in [-0.2, -0.15) is 0 Å². The summed E-state index contributed by atoms with van der Waals surface area (Å²) >= 11 is 0. The van der Waals surface area contributed by atoms with E-state index in [-0.39, 0.29) is 0 Å². The first-order valence-electron chi connectivity index (χ1n) is 7.39. The molecule has 5 heteroatoms. The SMILES string of the molecule is CCc1nc(NN)cc(N2CCCCCC2CC)n1. The first kappa shape index (κ1) is 14.1. The molecule has 106 valence electrons. The summed E-state index contributed by atoms with van der Waals surface area (Å²) in [6.45, 7) is 5.41. The molecule has 1 aliphatic rings. The van der Waals surface area contributed by atoms with E-state index in [1.54, 1.807) is 0 Å². The number of nitrogens with one attached hydrogen (secondary N) is 1. The predicted octanol–water partition coefficient (Wildman–Crippen LogP) is 2.48. The van der Waals surface area contributed by atoms with Crippen LogP contribution in [0.3, 0.4) is 0 Å². The molecule has 19 heavy (non-hydrogen) atoms. The molecule has 0 radical (unpaired) electrons. The third-order valence-corrected chi connectivity index (χ3v) is 3.87. The van der Waals surface area contributed by atoms with Gasteiger partial charge in [-0.05, 0) is 19.3 Å². The van der Waals surface area contributed by atoms with E-state index in [9.17, 15) is 0 Å². The second-order valence-electron chi connectivity index (χ2n) is 5.13. The fourth-order valence-electron chi connectivity index (χ4n) is 2.77. The highest BCUT2D eigenvalue weighted by Crippen LogP contribution is 2.25. The maximum atomic E-state index is 5.51. The van der Waals surface area contributed by atoms with Crippen LogP contribution in [0.2, 0.25) is 0 Å². The van der Waals surface area contributed by atoms with Crippen molar-refractivity contribution < 1.29 is 0 Å². The van der Waals surface area contributed by atoms with Crippen LogP contribution in [-0.4, -0.2) is 22.6 Å². The Balaban J connectivity index is 2.31. The van der Waals surface area contributed by atoms with Crippen LogP contribution < -0.4 is 16.2 Å². The molecule has 3 N–H and O–H groups in total. The van der Waals surface area contributed by atoms with Crippen LogP contribution in [0.1, 0.15) is 51.8 Å². The Morgan fingerprint density at radius 3 is 2.84 bits per heavy atom. The molecule has 1 aliphatic heterocycles. The number of rotatable bonds is 4. The molecular weight excluding hydrogens is 238 g/mol. The highest BCUT2D eigenvalue weighted by molar-refractivity contribution is 5.49. The van der Waals surface area contributed by atoms with Gasteiger partial charge in [0.15, 0.2) is 0 Å². The summed E-state index contributed by atoms with van der Waals surface area (Å²) in [7, 11) is 0. The number of hydrogen-bond acceptors (Lipinski definition) is 5. The molecule has 1 fully saturated rings. The first-order chi connectivity index (χ1) is 9.28. The molecule has 1 saturated heterocycles. The lowest BCUT2D eigenvalue weighted by Crippen LogP contribution is -2.35. The summed E-state index contributed by atoms with van der Waals surface area (Å²) in [5.74, 6) is 8.09. The molecule has 5 nitrogen and oxygen atoms in total. The number of aromatic nitrogens is 2. The molecular formula is C14H25N5. The van der Waals surface area contributed by atoms with Crippen LogP contribution in [0, 0.1) is 0 Å². The van der Waals surface area contributed by atoms with Crippen molar-refractivity contribution in [3.05, 3.63) is 11.9 Å². The van der Waals surface area contributed by atoms with Crippen molar-refractivity contribution in [2.75, 3.05) is 16.9 Å². The van der Waals surface area contributed by atoms with E-state index in [4.69, 9.17) is 5.84 Å². The van der Waals surface area contributed by atoms with E-state index in [0.29, 0.717) is 11.9 Å². The van der Waals surface area contributed by atoms with Crippen LogP contribution in [0.25, 0.3) is 0 Å². The minimum absolute atomic E-state index is 0.590. The van der Waals surface area contributed by atoms with Gasteiger partial charge in [-0.25, -0.2) is 15.8 Å². The topological polar surface area (TPSA) is 67.1 Å². The molecule has 1 aromatic heterocycles. The molecule has 0 aromatic carbocycles. The second kappa shape index (κ2) is 6.70. The van der Waals surface area contributed by atoms with Gasteiger partial charge in [0.2, 0.25) is 0 Å². The zero-order valence-corrected chi connectivity index (χ0v) is 12.0. The van der Waals surface area contributed by atoms with Gasteiger partial charge < -0.3 is 10.3 Å². The Morgan fingerprint density at radius 1 is 1.32 bits per heavy atom. The minimum atomic E-state index is 0.590. The van der Waals surface area contributed by atoms with Crippen molar-refractivity contribution in [1.82, 2.24) is 9.97 Å². The Hall–Kier alpha value is -1.36. The van der Waals surface area contributed by atoms with Crippen molar-refractivity contribution >= 4 is 11.6 Å². The van der Waals surface area contributed by atoms with Gasteiger partial charge in [0.1, 0.15) is 17.5 Å². The zero-order chi connectivity index (χ0) is 13.7. The smallest absolute Gasteiger partial charge is 0.145 e. The molecule has 0 bridgehead atoms. The molecule has 0 spiro atoms. The Kier molecular flexibility index (Phi) is 4.96. The second-order valence-corrected chi connectivity index (χ2v) is 5.13. The molecule has 1 atom stereocenters. The van der Waals surface area contributed by atoms with Crippen LogP contribution in [0.4, 0.5) is 11.6 Å². The lowest BCUT2D eigenvalue weighted by Gasteiger charge is -2.30. The monoisotopic (exact) mass is 263 g/mol. The third-order valence-electron chi connectivity index (χ3n) is 3.87. The van der Waals surface area contributed by atoms with E-state index < -0.39 is 0 Å². The number of hydrazine groups is 1. The van der Waals surface area contributed by atoms with Gasteiger partial charge in [-0.15, -0.1) is 0 Å². The van der Waals surface area contributed by atoms with Gasteiger partial charge in [-0.3, -0.25) is 0 Å². The highest BCUT2D eigenvalue weighted by Gasteiger charge is 2.21. The predicted molar refractivity (Wildman–Crippen MR) is 79.1 cm³/mol. The summed E-state index contributed by atoms with van der Waals surface area (Å²) in [4.78, 5) is 11.5. The Bertz CT molecular complexity index is 385. The quantitative estimate of drug-likeness (QED) is 0.645. The van der Waals surface area contributed by atoms with Crippen LogP contribution >= 0.6 is 0 Å². The third kappa shape index (κ3) is 3.35. The summed E-state index contributed by atoms with van der Waals surface area (Å²) in [6, 6.07) is 2.56. The fourth-order valence-corrected chi connectivity index (χ4v) is 2.77. The molecule has 1 unspecified atom stereocenters. The van der Waals surface area contributed by atoms with Gasteiger partial charge in [-0.1, -0.05) is 26.7 Å². The molecule has 2 heterocycles. The summed E-state index contributed by atoms with van der Waals surface area (Å²) in [5.41, 5.74) is 2.65. The Labute approximate surface area is 115 Å². The molecule has 0 saturated carbocycles. The maximum Gasteiger partial charge on any atom is 0.145 e. The summed E-state index contributed by atoms with van der Waals surface area (Å²) in [6.07, 6.45) is 7.13. The maximum absolute atomic E-state index is 5.51. The van der Waals surface area contributed by atoms with Crippen molar-refractivity contribution in [3.63, 3.8) is 0 Å². The van der Waals surface area contributed by atoms with Crippen LogP contribution in [-0.2, 0) is 6.42 Å². The minimum Gasteiger partial charge on any atom is -0.353 e. The van der Waals surface area contributed by atoms with Gasteiger partial charge in [0.05, 0.1) is 0 Å². The van der Waals surface area contributed by atoms with Gasteiger partial charge in [0.25, 0.3) is 0 Å². The average molecular weight is 263 g/mol. The average Bonchev–Trinajstić information content (AvgIpc) is 2.71. The van der Waals surface area contributed by atoms with E-state index in [0.717, 1.165) is 31.0 Å². The summed E-state index contributed by atoms with van der Waals surface area (Å²) in [5, 5.41) is 0. The molecule has 0 aliphatic carbocycles. The number of anilines is 2.